The molecule has 1 rings (SSSR count). The highest BCUT2D eigenvalue weighted by Crippen LogP contribution is 2.27. The van der Waals surface area contributed by atoms with E-state index in [0.29, 0.717) is 11.3 Å². The summed E-state index contributed by atoms with van der Waals surface area (Å²) in [4.78, 5) is 3.70. The molecule has 2 nitrogen and oxygen atoms in total. The van der Waals surface area contributed by atoms with E-state index in [-0.39, 0.29) is 11.7 Å². The van der Waals surface area contributed by atoms with E-state index in [0.717, 1.165) is 0 Å². The Morgan fingerprint density at radius 2 is 2.08 bits per heavy atom. The van der Waals surface area contributed by atoms with E-state index in [4.69, 9.17) is 4.74 Å². The Bertz CT molecular complexity index is 273. The van der Waals surface area contributed by atoms with Gasteiger partial charge in [0.2, 0.25) is 0 Å². The Morgan fingerprint density at radius 3 is 2.50 bits per heavy atom. The van der Waals surface area contributed by atoms with E-state index in [9.17, 15) is 4.39 Å². The molecule has 0 saturated heterocycles. The topological polar surface area (TPSA) is 22.1 Å². The van der Waals surface area contributed by atoms with Gasteiger partial charge in [0, 0.05) is 5.56 Å². The zero-order chi connectivity index (χ0) is 9.14. The number of hydrogen-bond donors (Lipinski definition) is 0. The van der Waals surface area contributed by atoms with Crippen molar-refractivity contribution in [2.75, 3.05) is 7.11 Å². The van der Waals surface area contributed by atoms with E-state index >= 15 is 0 Å². The number of methoxy groups -OCH3 is 1. The van der Waals surface area contributed by atoms with Gasteiger partial charge in [0.15, 0.2) is 0 Å². The third kappa shape index (κ3) is 1.55. The maximum Gasteiger partial charge on any atom is 0.148 e. The van der Waals surface area contributed by atoms with Crippen LogP contribution in [0.15, 0.2) is 12.4 Å². The second kappa shape index (κ2) is 3.52. The van der Waals surface area contributed by atoms with Crippen molar-refractivity contribution in [2.45, 2.75) is 19.8 Å². The second-order valence-corrected chi connectivity index (χ2v) is 2.89. The van der Waals surface area contributed by atoms with Crippen LogP contribution in [0.5, 0.6) is 5.75 Å². The molecular formula is C9H12FNO. The van der Waals surface area contributed by atoms with Crippen LogP contribution >= 0.6 is 0 Å². The van der Waals surface area contributed by atoms with Crippen LogP contribution in [0.1, 0.15) is 25.3 Å². The van der Waals surface area contributed by atoms with Crippen LogP contribution < -0.4 is 4.74 Å². The molecule has 0 radical (unpaired) electrons. The first-order valence-corrected chi connectivity index (χ1v) is 3.84. The van der Waals surface area contributed by atoms with Gasteiger partial charge in [-0.2, -0.15) is 0 Å². The van der Waals surface area contributed by atoms with Crippen molar-refractivity contribution >= 4 is 0 Å². The summed E-state index contributed by atoms with van der Waals surface area (Å²) in [5.41, 5.74) is 0.590. The van der Waals surface area contributed by atoms with Gasteiger partial charge in [-0.05, 0) is 5.92 Å². The Hall–Kier alpha value is -1.12. The van der Waals surface area contributed by atoms with Gasteiger partial charge in [-0.25, -0.2) is 4.39 Å². The first-order valence-electron chi connectivity index (χ1n) is 3.84. The van der Waals surface area contributed by atoms with Gasteiger partial charge in [-0.1, -0.05) is 13.8 Å². The normalized spacial score (nSPS) is 10.4. The molecule has 66 valence electrons. The summed E-state index contributed by atoms with van der Waals surface area (Å²) in [5, 5.41) is 0. The lowest BCUT2D eigenvalue weighted by molar-refractivity contribution is 0.399. The molecule has 0 aliphatic carbocycles. The minimum Gasteiger partial charge on any atom is -0.495 e. The zero-order valence-electron chi connectivity index (χ0n) is 7.47. The van der Waals surface area contributed by atoms with Gasteiger partial charge < -0.3 is 4.74 Å². The highest BCUT2D eigenvalue weighted by Gasteiger charge is 2.12. The average Bonchev–Trinajstić information content (AvgIpc) is 2.03. The molecule has 0 aliphatic heterocycles. The highest BCUT2D eigenvalue weighted by molar-refractivity contribution is 5.33. The molecule has 0 amide bonds. The summed E-state index contributed by atoms with van der Waals surface area (Å²) in [6.07, 6.45) is 2.73. The van der Waals surface area contributed by atoms with Crippen LogP contribution in [-0.4, -0.2) is 12.1 Å². The van der Waals surface area contributed by atoms with Gasteiger partial charge in [0.1, 0.15) is 11.6 Å². The van der Waals surface area contributed by atoms with Crippen molar-refractivity contribution < 1.29 is 9.13 Å². The van der Waals surface area contributed by atoms with Gasteiger partial charge in [0.05, 0.1) is 19.5 Å². The SMILES string of the molecule is COc1cncc(F)c1C(C)C. The summed E-state index contributed by atoms with van der Waals surface area (Å²) in [7, 11) is 1.52. The summed E-state index contributed by atoms with van der Waals surface area (Å²) < 4.78 is 18.1. The number of hydrogen-bond acceptors (Lipinski definition) is 2. The van der Waals surface area contributed by atoms with Gasteiger partial charge in [-0.3, -0.25) is 4.98 Å². The van der Waals surface area contributed by atoms with Crippen LogP contribution in [-0.2, 0) is 0 Å². The van der Waals surface area contributed by atoms with E-state index in [1.54, 1.807) is 0 Å². The van der Waals surface area contributed by atoms with Crippen molar-refractivity contribution in [3.05, 3.63) is 23.8 Å². The van der Waals surface area contributed by atoms with Crippen LogP contribution in [0.2, 0.25) is 0 Å². The van der Waals surface area contributed by atoms with Crippen LogP contribution in [0.4, 0.5) is 4.39 Å². The maximum absolute atomic E-state index is 13.1. The van der Waals surface area contributed by atoms with Crippen LogP contribution in [0, 0.1) is 5.82 Å². The Morgan fingerprint density at radius 1 is 1.42 bits per heavy atom. The first-order chi connectivity index (χ1) is 5.66. The summed E-state index contributed by atoms with van der Waals surface area (Å²) >= 11 is 0. The molecule has 0 unspecified atom stereocenters. The van der Waals surface area contributed by atoms with Gasteiger partial charge in [-0.15, -0.1) is 0 Å². The average molecular weight is 169 g/mol. The number of nitrogens with zero attached hydrogens (tertiary/aromatic N) is 1. The smallest absolute Gasteiger partial charge is 0.148 e. The molecule has 0 atom stereocenters. The molecule has 1 heterocycles. The molecule has 3 heteroatoms. The Labute approximate surface area is 71.4 Å². The predicted molar refractivity (Wildman–Crippen MR) is 44.8 cm³/mol. The van der Waals surface area contributed by atoms with Gasteiger partial charge in [0.25, 0.3) is 0 Å². The quantitative estimate of drug-likeness (QED) is 0.678. The third-order valence-electron chi connectivity index (χ3n) is 1.70. The fourth-order valence-electron chi connectivity index (χ4n) is 1.15. The molecule has 0 aliphatic rings. The van der Waals surface area contributed by atoms with Crippen LogP contribution in [0.25, 0.3) is 0 Å². The molecular weight excluding hydrogens is 157 g/mol. The number of aromatic nitrogens is 1. The lowest BCUT2D eigenvalue weighted by atomic mass is 10.0. The minimum absolute atomic E-state index is 0.114. The largest absolute Gasteiger partial charge is 0.495 e. The number of pyridine rings is 1. The van der Waals surface area contributed by atoms with E-state index in [1.807, 2.05) is 13.8 Å². The highest BCUT2D eigenvalue weighted by atomic mass is 19.1. The first kappa shape index (κ1) is 8.97. The van der Waals surface area contributed by atoms with Crippen molar-refractivity contribution in [3.8, 4) is 5.75 Å². The number of rotatable bonds is 2. The molecule has 0 aromatic carbocycles. The minimum atomic E-state index is -0.302. The lowest BCUT2D eigenvalue weighted by Gasteiger charge is -2.10. The third-order valence-corrected chi connectivity index (χ3v) is 1.70. The molecule has 0 spiro atoms. The second-order valence-electron chi connectivity index (χ2n) is 2.89. The Kier molecular flexibility index (Phi) is 2.63. The molecule has 0 fully saturated rings. The number of ether oxygens (including phenoxy) is 1. The lowest BCUT2D eigenvalue weighted by Crippen LogP contribution is -1.98. The van der Waals surface area contributed by atoms with Crippen LogP contribution in [0.3, 0.4) is 0 Å². The maximum atomic E-state index is 13.1. The predicted octanol–water partition coefficient (Wildman–Crippen LogP) is 2.35. The molecule has 12 heavy (non-hydrogen) atoms. The monoisotopic (exact) mass is 169 g/mol. The summed E-state index contributed by atoms with van der Waals surface area (Å²) in [6, 6.07) is 0. The van der Waals surface area contributed by atoms with Crippen molar-refractivity contribution in [1.29, 1.82) is 0 Å². The summed E-state index contributed by atoms with van der Waals surface area (Å²) in [6.45, 7) is 3.84. The molecule has 1 aromatic rings. The van der Waals surface area contributed by atoms with E-state index in [2.05, 4.69) is 4.98 Å². The van der Waals surface area contributed by atoms with E-state index < -0.39 is 0 Å². The fraction of sp³-hybridized carbons (Fsp3) is 0.444. The Balaban J connectivity index is 3.20. The fourth-order valence-corrected chi connectivity index (χ4v) is 1.15. The molecule has 0 bridgehead atoms. The molecule has 0 N–H and O–H groups in total. The standard InChI is InChI=1S/C9H12FNO/c1-6(2)9-7(10)4-11-5-8(9)12-3/h4-6H,1-3H3. The van der Waals surface area contributed by atoms with Crippen molar-refractivity contribution in [2.24, 2.45) is 0 Å². The molecule has 1 aromatic heterocycles. The number of halogens is 1. The zero-order valence-corrected chi connectivity index (χ0v) is 7.47. The van der Waals surface area contributed by atoms with E-state index in [1.165, 1.54) is 19.5 Å². The van der Waals surface area contributed by atoms with Crippen molar-refractivity contribution in [1.82, 2.24) is 4.98 Å². The van der Waals surface area contributed by atoms with Crippen molar-refractivity contribution in [3.63, 3.8) is 0 Å². The summed E-state index contributed by atoms with van der Waals surface area (Å²) in [5.74, 6) is 0.331. The molecule has 0 saturated carbocycles. The van der Waals surface area contributed by atoms with Gasteiger partial charge >= 0.3 is 0 Å².